The largest absolute Gasteiger partial charge is 0.394 e. The number of aliphatic hydroxyl groups excluding tert-OH is 4. The van der Waals surface area contributed by atoms with Crippen molar-refractivity contribution in [3.05, 3.63) is 24.3 Å². The summed E-state index contributed by atoms with van der Waals surface area (Å²) in [5.41, 5.74) is 0. The van der Waals surface area contributed by atoms with E-state index in [0.717, 1.165) is 44.9 Å². The number of unbranched alkanes of at least 4 members (excludes halogenated alkanes) is 39. The van der Waals surface area contributed by atoms with Gasteiger partial charge >= 0.3 is 0 Å². The standard InChI is InChI=1S/C57H111NO5/c1-3-5-7-9-11-13-15-17-18-19-20-21-22-23-24-25-26-27-28-29-30-31-32-33-34-35-36-37-39-41-43-45-47-49-51-55(61)57(63)58-53(52-59)56(62)54(60)50-48-46-44-42-40-38-16-14-12-10-8-6-4-2/h14,16,42,44,53-56,59-62H,3-13,15,17-41,43,45-52H2,1-2H3,(H,58,63)/b16-14+,44-42+. The second-order valence-corrected chi connectivity index (χ2v) is 19.6. The van der Waals surface area contributed by atoms with Gasteiger partial charge in [-0.15, -0.1) is 0 Å². The fourth-order valence-electron chi connectivity index (χ4n) is 8.95. The van der Waals surface area contributed by atoms with Gasteiger partial charge in [0.2, 0.25) is 5.91 Å². The van der Waals surface area contributed by atoms with Crippen LogP contribution in [-0.4, -0.2) is 57.3 Å². The zero-order valence-corrected chi connectivity index (χ0v) is 42.3. The normalized spacial score (nSPS) is 13.9. The highest BCUT2D eigenvalue weighted by Crippen LogP contribution is 2.18. The average Bonchev–Trinajstić information content (AvgIpc) is 3.29. The molecule has 0 saturated heterocycles. The molecule has 0 aliphatic heterocycles. The first kappa shape index (κ1) is 61.8. The molecule has 0 spiro atoms. The molecule has 0 aromatic heterocycles. The van der Waals surface area contributed by atoms with Crippen molar-refractivity contribution in [2.45, 2.75) is 327 Å². The summed E-state index contributed by atoms with van der Waals surface area (Å²) in [6.07, 6.45) is 62.7. The molecule has 6 nitrogen and oxygen atoms in total. The Labute approximate surface area is 393 Å². The lowest BCUT2D eigenvalue weighted by molar-refractivity contribution is -0.132. The van der Waals surface area contributed by atoms with Gasteiger partial charge in [0.25, 0.3) is 0 Å². The second-order valence-electron chi connectivity index (χ2n) is 19.6. The summed E-state index contributed by atoms with van der Waals surface area (Å²) in [6, 6.07) is -1.01. The van der Waals surface area contributed by atoms with Crippen LogP contribution in [0.5, 0.6) is 0 Å². The van der Waals surface area contributed by atoms with Crippen molar-refractivity contribution in [2.75, 3.05) is 6.61 Å². The topological polar surface area (TPSA) is 110 Å². The van der Waals surface area contributed by atoms with Gasteiger partial charge in [0.05, 0.1) is 18.8 Å². The fraction of sp³-hybridized carbons (Fsp3) is 0.912. The summed E-state index contributed by atoms with van der Waals surface area (Å²) in [5, 5.41) is 43.8. The molecule has 63 heavy (non-hydrogen) atoms. The molecule has 5 N–H and O–H groups in total. The van der Waals surface area contributed by atoms with Crippen molar-refractivity contribution in [1.29, 1.82) is 0 Å². The van der Waals surface area contributed by atoms with Crippen LogP contribution < -0.4 is 5.32 Å². The molecule has 374 valence electrons. The van der Waals surface area contributed by atoms with E-state index in [-0.39, 0.29) is 0 Å². The van der Waals surface area contributed by atoms with Crippen molar-refractivity contribution < 1.29 is 25.2 Å². The summed E-state index contributed by atoms with van der Waals surface area (Å²) in [7, 11) is 0. The van der Waals surface area contributed by atoms with Gasteiger partial charge in [0.1, 0.15) is 12.2 Å². The van der Waals surface area contributed by atoms with E-state index in [1.54, 1.807) is 0 Å². The Balaban J connectivity index is 3.52. The van der Waals surface area contributed by atoms with Crippen LogP contribution in [0.3, 0.4) is 0 Å². The minimum atomic E-state index is -1.29. The van der Waals surface area contributed by atoms with Gasteiger partial charge in [-0.25, -0.2) is 0 Å². The number of hydrogen-bond acceptors (Lipinski definition) is 5. The number of amides is 1. The van der Waals surface area contributed by atoms with Gasteiger partial charge in [0.15, 0.2) is 0 Å². The van der Waals surface area contributed by atoms with E-state index in [1.165, 1.54) is 225 Å². The number of nitrogens with one attached hydrogen (secondary N) is 1. The van der Waals surface area contributed by atoms with Gasteiger partial charge in [-0.3, -0.25) is 4.79 Å². The van der Waals surface area contributed by atoms with Gasteiger partial charge in [-0.1, -0.05) is 276 Å². The summed E-state index contributed by atoms with van der Waals surface area (Å²) in [6.45, 7) is 4.03. The molecule has 0 bridgehead atoms. The third-order valence-corrected chi connectivity index (χ3v) is 13.4. The highest BCUT2D eigenvalue weighted by atomic mass is 16.3. The molecule has 0 aromatic carbocycles. The number of aliphatic hydroxyl groups is 4. The summed E-state index contributed by atoms with van der Waals surface area (Å²) < 4.78 is 0. The lowest BCUT2D eigenvalue weighted by Crippen LogP contribution is -2.53. The lowest BCUT2D eigenvalue weighted by Gasteiger charge is -2.27. The molecule has 1 amide bonds. The summed E-state index contributed by atoms with van der Waals surface area (Å²) in [5.74, 6) is -0.593. The van der Waals surface area contributed by atoms with Crippen LogP contribution in [0.2, 0.25) is 0 Å². The first-order chi connectivity index (χ1) is 31.0. The van der Waals surface area contributed by atoms with Crippen molar-refractivity contribution >= 4 is 5.91 Å². The molecule has 4 atom stereocenters. The van der Waals surface area contributed by atoms with Gasteiger partial charge in [-0.05, 0) is 51.4 Å². The molecular weight excluding hydrogens is 779 g/mol. The molecule has 0 fully saturated rings. The van der Waals surface area contributed by atoms with Gasteiger partial charge in [-0.2, -0.15) is 0 Å². The number of rotatable bonds is 52. The van der Waals surface area contributed by atoms with Crippen molar-refractivity contribution in [3.8, 4) is 0 Å². The Morgan fingerprint density at radius 1 is 0.381 bits per heavy atom. The molecule has 0 aliphatic carbocycles. The molecule has 0 rings (SSSR count). The zero-order chi connectivity index (χ0) is 45.9. The van der Waals surface area contributed by atoms with Gasteiger partial charge < -0.3 is 25.7 Å². The minimum absolute atomic E-state index is 0.364. The van der Waals surface area contributed by atoms with Crippen LogP contribution in [0.15, 0.2) is 24.3 Å². The van der Waals surface area contributed by atoms with E-state index in [0.29, 0.717) is 19.3 Å². The Kier molecular flexibility index (Phi) is 50.8. The monoisotopic (exact) mass is 890 g/mol. The maximum absolute atomic E-state index is 12.6. The Hall–Kier alpha value is -1.21. The van der Waals surface area contributed by atoms with Crippen LogP contribution in [0, 0.1) is 0 Å². The Morgan fingerprint density at radius 3 is 1.00 bits per heavy atom. The number of allylic oxidation sites excluding steroid dienone is 4. The van der Waals surface area contributed by atoms with Crippen LogP contribution in [0.4, 0.5) is 0 Å². The highest BCUT2D eigenvalue weighted by Gasteiger charge is 2.28. The molecule has 0 radical (unpaired) electrons. The van der Waals surface area contributed by atoms with E-state index in [1.807, 2.05) is 0 Å². The van der Waals surface area contributed by atoms with E-state index >= 15 is 0 Å². The van der Waals surface area contributed by atoms with Crippen LogP contribution in [0.25, 0.3) is 0 Å². The second kappa shape index (κ2) is 51.8. The lowest BCUT2D eigenvalue weighted by atomic mass is 10.00. The molecular formula is C57H111NO5. The molecule has 4 unspecified atom stereocenters. The predicted molar refractivity (Wildman–Crippen MR) is 274 cm³/mol. The maximum atomic E-state index is 12.6. The van der Waals surface area contributed by atoms with E-state index in [4.69, 9.17) is 0 Å². The SMILES string of the molecule is CCCCCC/C=C/CC/C=C/CCCC(O)C(O)C(CO)NC(=O)C(O)CCCCCCCCCCCCCCCCCCCCCCCCCCCCCCCCCCCC. The van der Waals surface area contributed by atoms with E-state index < -0.39 is 36.9 Å². The predicted octanol–water partition coefficient (Wildman–Crippen LogP) is 16.3. The van der Waals surface area contributed by atoms with Crippen LogP contribution >= 0.6 is 0 Å². The number of carbonyl (C=O) groups excluding carboxylic acids is 1. The Morgan fingerprint density at radius 2 is 0.667 bits per heavy atom. The fourth-order valence-corrected chi connectivity index (χ4v) is 8.95. The third-order valence-electron chi connectivity index (χ3n) is 13.4. The van der Waals surface area contributed by atoms with Crippen LogP contribution in [0.1, 0.15) is 303 Å². The van der Waals surface area contributed by atoms with E-state index in [9.17, 15) is 25.2 Å². The zero-order valence-electron chi connectivity index (χ0n) is 42.3. The summed E-state index contributed by atoms with van der Waals surface area (Å²) >= 11 is 0. The average molecular weight is 891 g/mol. The highest BCUT2D eigenvalue weighted by molar-refractivity contribution is 5.80. The first-order valence-electron chi connectivity index (χ1n) is 28.2. The summed E-state index contributed by atoms with van der Waals surface area (Å²) in [4.78, 5) is 12.6. The molecule has 0 aliphatic rings. The smallest absolute Gasteiger partial charge is 0.249 e. The number of carbonyl (C=O) groups is 1. The first-order valence-corrected chi connectivity index (χ1v) is 28.2. The maximum Gasteiger partial charge on any atom is 0.249 e. The van der Waals surface area contributed by atoms with Crippen molar-refractivity contribution in [2.24, 2.45) is 0 Å². The number of hydrogen-bond donors (Lipinski definition) is 5. The molecule has 0 heterocycles. The van der Waals surface area contributed by atoms with Gasteiger partial charge in [0, 0.05) is 0 Å². The van der Waals surface area contributed by atoms with Crippen LogP contribution in [-0.2, 0) is 4.79 Å². The third kappa shape index (κ3) is 45.7. The quantitative estimate of drug-likeness (QED) is 0.0309. The molecule has 6 heteroatoms. The van der Waals surface area contributed by atoms with E-state index in [2.05, 4.69) is 43.5 Å². The molecule has 0 aromatic rings. The molecule has 0 saturated carbocycles. The van der Waals surface area contributed by atoms with Crippen molar-refractivity contribution in [3.63, 3.8) is 0 Å². The van der Waals surface area contributed by atoms with Crippen molar-refractivity contribution in [1.82, 2.24) is 5.32 Å². The Bertz CT molecular complexity index is 955. The minimum Gasteiger partial charge on any atom is -0.394 e.